The van der Waals surface area contributed by atoms with Crippen molar-refractivity contribution < 1.29 is 19.1 Å². The number of amides is 2. The first-order valence-corrected chi connectivity index (χ1v) is 8.99. The van der Waals surface area contributed by atoms with Crippen LogP contribution in [0.2, 0.25) is 0 Å². The second-order valence-electron chi connectivity index (χ2n) is 5.75. The largest absolute Gasteiger partial charge is 0.454 e. The number of esters is 1. The Labute approximate surface area is 165 Å². The van der Waals surface area contributed by atoms with Crippen LogP contribution in [-0.2, 0) is 14.3 Å². The summed E-state index contributed by atoms with van der Waals surface area (Å²) in [5, 5.41) is 5.15. The molecule has 0 aliphatic heterocycles. The normalized spacial score (nSPS) is 10.1. The highest BCUT2D eigenvalue weighted by Gasteiger charge is 2.12. The number of anilines is 1. The van der Waals surface area contributed by atoms with Crippen LogP contribution < -0.4 is 10.6 Å². The minimum absolute atomic E-state index is 0.304. The van der Waals surface area contributed by atoms with Gasteiger partial charge in [0.25, 0.3) is 11.8 Å². The lowest BCUT2D eigenvalue weighted by Crippen LogP contribution is -2.32. The Morgan fingerprint density at radius 1 is 1.04 bits per heavy atom. The second kappa shape index (κ2) is 9.33. The van der Waals surface area contributed by atoms with Gasteiger partial charge >= 0.3 is 5.97 Å². The van der Waals surface area contributed by atoms with E-state index in [0.29, 0.717) is 11.3 Å². The molecule has 2 rings (SSSR count). The molecule has 0 radical (unpaired) electrons. The molecule has 2 N–H and O–H groups in total. The molecule has 6 nitrogen and oxygen atoms in total. The van der Waals surface area contributed by atoms with Crippen molar-refractivity contribution in [1.82, 2.24) is 5.32 Å². The molecule has 0 unspecified atom stereocenters. The SMILES string of the molecule is Cc1cc(C)cc(C(=O)NCC(=O)OCC(=O)Nc2ccccc2I)c1. The van der Waals surface area contributed by atoms with Gasteiger partial charge in [-0.15, -0.1) is 0 Å². The molecule has 0 heterocycles. The number of rotatable bonds is 6. The smallest absolute Gasteiger partial charge is 0.325 e. The predicted octanol–water partition coefficient (Wildman–Crippen LogP) is 2.82. The number of para-hydroxylation sites is 1. The molecule has 0 aliphatic carbocycles. The monoisotopic (exact) mass is 466 g/mol. The molecular formula is C19H19IN2O4. The fraction of sp³-hybridized carbons (Fsp3) is 0.211. The molecule has 0 atom stereocenters. The summed E-state index contributed by atoms with van der Waals surface area (Å²) in [6.07, 6.45) is 0. The van der Waals surface area contributed by atoms with Gasteiger partial charge in [0.05, 0.1) is 5.69 Å². The van der Waals surface area contributed by atoms with Crippen LogP contribution in [0, 0.1) is 17.4 Å². The third kappa shape index (κ3) is 6.14. The highest BCUT2D eigenvalue weighted by Crippen LogP contribution is 2.16. The lowest BCUT2D eigenvalue weighted by Gasteiger charge is -2.09. The Hall–Kier alpha value is -2.42. The van der Waals surface area contributed by atoms with E-state index >= 15 is 0 Å². The molecule has 2 amide bonds. The minimum Gasteiger partial charge on any atom is -0.454 e. The first-order valence-electron chi connectivity index (χ1n) is 7.91. The van der Waals surface area contributed by atoms with E-state index in [-0.39, 0.29) is 12.5 Å². The van der Waals surface area contributed by atoms with Gasteiger partial charge in [0.15, 0.2) is 6.61 Å². The number of hydrogen-bond acceptors (Lipinski definition) is 4. The van der Waals surface area contributed by atoms with Gasteiger partial charge in [-0.2, -0.15) is 0 Å². The molecule has 0 fully saturated rings. The Kier molecular flexibility index (Phi) is 7.14. The Morgan fingerprint density at radius 2 is 1.69 bits per heavy atom. The predicted molar refractivity (Wildman–Crippen MR) is 107 cm³/mol. The lowest BCUT2D eigenvalue weighted by atomic mass is 10.1. The molecule has 0 saturated carbocycles. The van der Waals surface area contributed by atoms with E-state index in [9.17, 15) is 14.4 Å². The van der Waals surface area contributed by atoms with Crippen LogP contribution in [0.4, 0.5) is 5.69 Å². The molecule has 2 aromatic rings. The molecule has 7 heteroatoms. The summed E-state index contributed by atoms with van der Waals surface area (Å²) in [5.41, 5.74) is 3.05. The maximum absolute atomic E-state index is 12.1. The summed E-state index contributed by atoms with van der Waals surface area (Å²) in [6.45, 7) is 3.07. The van der Waals surface area contributed by atoms with E-state index in [1.54, 1.807) is 24.3 Å². The van der Waals surface area contributed by atoms with Crippen molar-refractivity contribution in [2.24, 2.45) is 0 Å². The zero-order valence-corrected chi connectivity index (χ0v) is 16.6. The first-order chi connectivity index (χ1) is 12.3. The van der Waals surface area contributed by atoms with Crippen molar-refractivity contribution in [2.75, 3.05) is 18.5 Å². The Morgan fingerprint density at radius 3 is 2.35 bits per heavy atom. The molecule has 0 aliphatic rings. The van der Waals surface area contributed by atoms with Crippen LogP contribution in [-0.4, -0.2) is 30.9 Å². The van der Waals surface area contributed by atoms with Crippen molar-refractivity contribution in [3.05, 3.63) is 62.7 Å². The average Bonchev–Trinajstić information content (AvgIpc) is 2.59. The zero-order valence-electron chi connectivity index (χ0n) is 14.5. The van der Waals surface area contributed by atoms with Gasteiger partial charge in [0.1, 0.15) is 6.54 Å². The first kappa shape index (κ1) is 19.9. The zero-order chi connectivity index (χ0) is 19.1. The molecule has 0 bridgehead atoms. The second-order valence-corrected chi connectivity index (χ2v) is 6.91. The quantitative estimate of drug-likeness (QED) is 0.507. The molecule has 0 saturated heterocycles. The number of carbonyl (C=O) groups is 3. The summed E-state index contributed by atoms with van der Waals surface area (Å²) in [5.74, 6) is -1.49. The van der Waals surface area contributed by atoms with E-state index in [0.717, 1.165) is 14.7 Å². The molecular weight excluding hydrogens is 447 g/mol. The van der Waals surface area contributed by atoms with Crippen LogP contribution in [0.25, 0.3) is 0 Å². The molecule has 0 spiro atoms. The number of benzene rings is 2. The molecule has 136 valence electrons. The van der Waals surface area contributed by atoms with E-state index in [1.807, 2.05) is 32.0 Å². The van der Waals surface area contributed by atoms with Gasteiger partial charge in [-0.3, -0.25) is 14.4 Å². The van der Waals surface area contributed by atoms with E-state index in [4.69, 9.17) is 4.74 Å². The lowest BCUT2D eigenvalue weighted by molar-refractivity contribution is -0.146. The number of carbonyl (C=O) groups excluding carboxylic acids is 3. The van der Waals surface area contributed by atoms with Crippen LogP contribution in [0.3, 0.4) is 0 Å². The number of aryl methyl sites for hydroxylation is 2. The van der Waals surface area contributed by atoms with Crippen LogP contribution in [0.15, 0.2) is 42.5 Å². The van der Waals surface area contributed by atoms with Crippen molar-refractivity contribution >= 4 is 46.1 Å². The van der Waals surface area contributed by atoms with Gasteiger partial charge in [-0.05, 0) is 60.7 Å². The van der Waals surface area contributed by atoms with Crippen molar-refractivity contribution in [3.63, 3.8) is 0 Å². The van der Waals surface area contributed by atoms with E-state index in [1.165, 1.54) is 0 Å². The molecule has 0 aromatic heterocycles. The number of ether oxygens (including phenoxy) is 1. The van der Waals surface area contributed by atoms with Gasteiger partial charge in [-0.1, -0.05) is 29.3 Å². The fourth-order valence-corrected chi connectivity index (χ4v) is 2.83. The highest BCUT2D eigenvalue weighted by atomic mass is 127. The summed E-state index contributed by atoms with van der Waals surface area (Å²) in [4.78, 5) is 35.6. The highest BCUT2D eigenvalue weighted by molar-refractivity contribution is 14.1. The van der Waals surface area contributed by atoms with Crippen molar-refractivity contribution in [1.29, 1.82) is 0 Å². The van der Waals surface area contributed by atoms with Gasteiger partial charge < -0.3 is 15.4 Å². The summed E-state index contributed by atoms with van der Waals surface area (Å²) < 4.78 is 5.76. The van der Waals surface area contributed by atoms with Gasteiger partial charge in [0.2, 0.25) is 0 Å². The van der Waals surface area contributed by atoms with Gasteiger partial charge in [0, 0.05) is 9.13 Å². The van der Waals surface area contributed by atoms with Crippen LogP contribution in [0.1, 0.15) is 21.5 Å². The Bertz CT molecular complexity index is 816. The maximum Gasteiger partial charge on any atom is 0.325 e. The third-order valence-corrected chi connectivity index (χ3v) is 4.33. The molecule has 26 heavy (non-hydrogen) atoms. The maximum atomic E-state index is 12.1. The van der Waals surface area contributed by atoms with Crippen molar-refractivity contribution in [3.8, 4) is 0 Å². The third-order valence-electron chi connectivity index (χ3n) is 3.39. The van der Waals surface area contributed by atoms with Crippen LogP contribution >= 0.6 is 22.6 Å². The average molecular weight is 466 g/mol. The number of hydrogen-bond donors (Lipinski definition) is 2. The van der Waals surface area contributed by atoms with Crippen molar-refractivity contribution in [2.45, 2.75) is 13.8 Å². The number of halogens is 1. The summed E-state index contributed by atoms with van der Waals surface area (Å²) in [6, 6.07) is 12.7. The van der Waals surface area contributed by atoms with E-state index in [2.05, 4.69) is 33.2 Å². The summed E-state index contributed by atoms with van der Waals surface area (Å²) in [7, 11) is 0. The van der Waals surface area contributed by atoms with E-state index < -0.39 is 18.5 Å². The van der Waals surface area contributed by atoms with Gasteiger partial charge in [-0.25, -0.2) is 0 Å². The number of nitrogens with one attached hydrogen (secondary N) is 2. The van der Waals surface area contributed by atoms with Crippen LogP contribution in [0.5, 0.6) is 0 Å². The Balaban J connectivity index is 1.77. The standard InChI is InChI=1S/C19H19IN2O4/c1-12-7-13(2)9-14(8-12)19(25)21-10-18(24)26-11-17(23)22-16-6-4-3-5-15(16)20/h3-9H,10-11H2,1-2H3,(H,21,25)(H,22,23). The fourth-order valence-electron chi connectivity index (χ4n) is 2.31. The minimum atomic E-state index is -0.680. The molecule has 2 aromatic carbocycles. The topological polar surface area (TPSA) is 84.5 Å². The summed E-state index contributed by atoms with van der Waals surface area (Å²) >= 11 is 2.10.